The van der Waals surface area contributed by atoms with Crippen LogP contribution in [0.2, 0.25) is 0 Å². The Bertz CT molecular complexity index is 200. The van der Waals surface area contributed by atoms with E-state index in [1.54, 1.807) is 0 Å². The molecule has 2 aliphatic rings. The second kappa shape index (κ2) is 4.14. The van der Waals surface area contributed by atoms with Crippen molar-refractivity contribution >= 4 is 0 Å². The summed E-state index contributed by atoms with van der Waals surface area (Å²) in [7, 11) is 0. The van der Waals surface area contributed by atoms with E-state index in [2.05, 4.69) is 11.8 Å². The highest BCUT2D eigenvalue weighted by Gasteiger charge is 2.53. The van der Waals surface area contributed by atoms with Crippen molar-refractivity contribution in [3.05, 3.63) is 0 Å². The van der Waals surface area contributed by atoms with E-state index in [1.165, 1.54) is 0 Å². The van der Waals surface area contributed by atoms with Gasteiger partial charge in [-0.1, -0.05) is 13.3 Å². The normalized spacial score (nSPS) is 42.2. The van der Waals surface area contributed by atoms with Crippen LogP contribution in [-0.4, -0.2) is 59.2 Å². The summed E-state index contributed by atoms with van der Waals surface area (Å²) >= 11 is 0. The van der Waals surface area contributed by atoms with E-state index in [1.807, 2.05) is 0 Å². The molecule has 2 rings (SSSR count). The molecule has 2 fully saturated rings. The van der Waals surface area contributed by atoms with Gasteiger partial charge in [0, 0.05) is 6.54 Å². The third-order valence-electron chi connectivity index (χ3n) is 3.22. The molecule has 0 bridgehead atoms. The van der Waals surface area contributed by atoms with E-state index in [0.29, 0.717) is 0 Å². The number of hydrogen-bond acceptors (Lipinski definition) is 4. The first-order valence-electron chi connectivity index (χ1n) is 5.46. The molecular formula is C10H19NO3. The van der Waals surface area contributed by atoms with Crippen LogP contribution in [0.15, 0.2) is 0 Å². The second-order valence-corrected chi connectivity index (χ2v) is 4.23. The molecular weight excluding hydrogens is 182 g/mol. The van der Waals surface area contributed by atoms with Crippen LogP contribution >= 0.6 is 0 Å². The molecule has 4 atom stereocenters. The quantitative estimate of drug-likeness (QED) is 0.607. The summed E-state index contributed by atoms with van der Waals surface area (Å²) in [5, 5.41) is 19.0. The van der Waals surface area contributed by atoms with Gasteiger partial charge in [-0.25, -0.2) is 0 Å². The number of fused-ring (bicyclic) bond motifs is 1. The van der Waals surface area contributed by atoms with E-state index in [0.717, 1.165) is 25.9 Å². The zero-order valence-electron chi connectivity index (χ0n) is 8.59. The van der Waals surface area contributed by atoms with E-state index in [4.69, 9.17) is 4.74 Å². The topological polar surface area (TPSA) is 56.2 Å². The highest BCUT2D eigenvalue weighted by Crippen LogP contribution is 2.34. The molecule has 0 spiro atoms. The van der Waals surface area contributed by atoms with Gasteiger partial charge in [0.2, 0.25) is 0 Å². The Balaban J connectivity index is 1.92. The van der Waals surface area contributed by atoms with Crippen molar-refractivity contribution in [3.8, 4) is 0 Å². The van der Waals surface area contributed by atoms with Crippen molar-refractivity contribution in [3.63, 3.8) is 0 Å². The Kier molecular flexibility index (Phi) is 3.07. The lowest BCUT2D eigenvalue weighted by Gasteiger charge is -2.35. The Morgan fingerprint density at radius 1 is 1.50 bits per heavy atom. The number of ether oxygens (including phenoxy) is 1. The van der Waals surface area contributed by atoms with Crippen LogP contribution in [0.5, 0.6) is 0 Å². The molecule has 0 saturated carbocycles. The minimum atomic E-state index is -0.504. The molecule has 0 radical (unpaired) electrons. The van der Waals surface area contributed by atoms with Gasteiger partial charge in [-0.05, 0) is 13.0 Å². The standard InChI is InChI=1S/C10H19NO3/c1-2-3-4-11-5-8-10(14-8)9(13)7(11)6-12/h7-10,12-13H,2-6H2,1H3/t7-,8-,9-,10-/m1/s1. The first kappa shape index (κ1) is 10.4. The summed E-state index contributed by atoms with van der Waals surface area (Å²) in [4.78, 5) is 2.16. The number of unbranched alkanes of at least 4 members (excludes halogenated alkanes) is 1. The molecule has 82 valence electrons. The SMILES string of the molecule is CCCCN1C[C@H]2O[C@H]2[C@H](O)[C@H]1CO. The molecule has 4 heteroatoms. The van der Waals surface area contributed by atoms with Crippen LogP contribution in [0, 0.1) is 0 Å². The number of hydrogen-bond donors (Lipinski definition) is 2. The average Bonchev–Trinajstić information content (AvgIpc) is 2.94. The van der Waals surface area contributed by atoms with Crippen LogP contribution in [0.3, 0.4) is 0 Å². The van der Waals surface area contributed by atoms with Crippen molar-refractivity contribution in [2.24, 2.45) is 0 Å². The van der Waals surface area contributed by atoms with Crippen LogP contribution in [0.4, 0.5) is 0 Å². The molecule has 0 amide bonds. The monoisotopic (exact) mass is 201 g/mol. The highest BCUT2D eigenvalue weighted by atomic mass is 16.6. The molecule has 0 aromatic heterocycles. The maximum absolute atomic E-state index is 9.82. The van der Waals surface area contributed by atoms with E-state index in [-0.39, 0.29) is 24.9 Å². The lowest BCUT2D eigenvalue weighted by molar-refractivity contribution is -0.00512. The first-order chi connectivity index (χ1) is 6.77. The Labute approximate surface area is 84.5 Å². The van der Waals surface area contributed by atoms with Gasteiger partial charge < -0.3 is 14.9 Å². The summed E-state index contributed by atoms with van der Waals surface area (Å²) in [5.74, 6) is 0. The lowest BCUT2D eigenvalue weighted by atomic mass is 9.99. The van der Waals surface area contributed by atoms with Gasteiger partial charge in [-0.3, -0.25) is 4.90 Å². The summed E-state index contributed by atoms with van der Waals surface area (Å²) in [6.07, 6.45) is 1.95. The zero-order valence-corrected chi connectivity index (χ0v) is 8.59. The van der Waals surface area contributed by atoms with Crippen LogP contribution in [0.25, 0.3) is 0 Å². The fourth-order valence-electron chi connectivity index (χ4n) is 2.25. The first-order valence-corrected chi connectivity index (χ1v) is 5.46. The van der Waals surface area contributed by atoms with E-state index in [9.17, 15) is 10.2 Å². The Hall–Kier alpha value is -0.160. The fourth-order valence-corrected chi connectivity index (χ4v) is 2.25. The zero-order chi connectivity index (χ0) is 10.1. The third-order valence-corrected chi connectivity index (χ3v) is 3.22. The fraction of sp³-hybridized carbons (Fsp3) is 1.00. The van der Waals surface area contributed by atoms with Crippen molar-refractivity contribution in [1.82, 2.24) is 4.90 Å². The van der Waals surface area contributed by atoms with Gasteiger partial charge in [0.25, 0.3) is 0 Å². The number of piperidine rings is 1. The predicted octanol–water partition coefficient (Wildman–Crippen LogP) is -0.409. The maximum Gasteiger partial charge on any atom is 0.113 e. The van der Waals surface area contributed by atoms with Crippen molar-refractivity contribution in [1.29, 1.82) is 0 Å². The van der Waals surface area contributed by atoms with Gasteiger partial charge in [-0.15, -0.1) is 0 Å². The highest BCUT2D eigenvalue weighted by molar-refractivity contribution is 5.03. The third kappa shape index (κ3) is 1.80. The van der Waals surface area contributed by atoms with Gasteiger partial charge in [-0.2, -0.15) is 0 Å². The van der Waals surface area contributed by atoms with E-state index < -0.39 is 6.10 Å². The lowest BCUT2D eigenvalue weighted by Crippen LogP contribution is -2.54. The molecule has 2 N–H and O–H groups in total. The largest absolute Gasteiger partial charge is 0.395 e. The van der Waals surface area contributed by atoms with Crippen LogP contribution in [-0.2, 0) is 4.74 Å². The number of rotatable bonds is 4. The number of nitrogens with zero attached hydrogens (tertiary/aromatic N) is 1. The summed E-state index contributed by atoms with van der Waals surface area (Å²) in [6.45, 7) is 3.99. The summed E-state index contributed by atoms with van der Waals surface area (Å²) in [5.41, 5.74) is 0. The summed E-state index contributed by atoms with van der Waals surface area (Å²) in [6, 6.07) is -0.120. The van der Waals surface area contributed by atoms with Crippen molar-refractivity contribution in [2.75, 3.05) is 19.7 Å². The molecule has 0 unspecified atom stereocenters. The minimum absolute atomic E-state index is 0.00923. The van der Waals surface area contributed by atoms with Gasteiger partial charge in [0.15, 0.2) is 0 Å². The number of epoxide rings is 1. The number of aliphatic hydroxyl groups is 2. The Morgan fingerprint density at radius 3 is 2.93 bits per heavy atom. The minimum Gasteiger partial charge on any atom is -0.395 e. The molecule has 4 nitrogen and oxygen atoms in total. The van der Waals surface area contributed by atoms with Gasteiger partial charge >= 0.3 is 0 Å². The summed E-state index contributed by atoms with van der Waals surface area (Å²) < 4.78 is 5.33. The van der Waals surface area contributed by atoms with Crippen molar-refractivity contribution < 1.29 is 14.9 Å². The smallest absolute Gasteiger partial charge is 0.113 e. The Morgan fingerprint density at radius 2 is 2.29 bits per heavy atom. The predicted molar refractivity (Wildman–Crippen MR) is 52.0 cm³/mol. The molecule has 14 heavy (non-hydrogen) atoms. The molecule has 2 heterocycles. The van der Waals surface area contributed by atoms with Crippen LogP contribution < -0.4 is 0 Å². The van der Waals surface area contributed by atoms with Gasteiger partial charge in [0.1, 0.15) is 12.2 Å². The van der Waals surface area contributed by atoms with Gasteiger partial charge in [0.05, 0.1) is 18.8 Å². The van der Waals surface area contributed by atoms with Crippen LogP contribution in [0.1, 0.15) is 19.8 Å². The number of aliphatic hydroxyl groups excluding tert-OH is 2. The number of likely N-dealkylation sites (tertiary alicyclic amines) is 1. The average molecular weight is 201 g/mol. The molecule has 2 saturated heterocycles. The van der Waals surface area contributed by atoms with Crippen molar-refractivity contribution in [2.45, 2.75) is 44.1 Å². The maximum atomic E-state index is 9.82. The second-order valence-electron chi connectivity index (χ2n) is 4.23. The molecule has 2 aliphatic heterocycles. The molecule has 0 aromatic rings. The van der Waals surface area contributed by atoms with E-state index >= 15 is 0 Å². The molecule has 0 aromatic carbocycles. The molecule has 0 aliphatic carbocycles.